The van der Waals surface area contributed by atoms with Gasteiger partial charge in [-0.25, -0.2) is 9.18 Å². The SMILES string of the molecule is CCOC(=O)c1c(NC(=O)COc2ccc(Cl)cc2C)sc(C(=O)Nc2ccccc2F)c1C. The number of aryl methyl sites for hydroxylation is 1. The molecule has 0 atom stereocenters. The largest absolute Gasteiger partial charge is 0.483 e. The lowest BCUT2D eigenvalue weighted by atomic mass is 10.1. The van der Waals surface area contributed by atoms with Crippen molar-refractivity contribution in [3.05, 3.63) is 74.9 Å². The van der Waals surface area contributed by atoms with Crippen LogP contribution in [0.4, 0.5) is 15.1 Å². The number of nitrogens with one attached hydrogen (secondary N) is 2. The highest BCUT2D eigenvalue weighted by Gasteiger charge is 2.27. The van der Waals surface area contributed by atoms with Crippen LogP contribution in [0.25, 0.3) is 0 Å². The number of carbonyl (C=O) groups excluding carboxylic acids is 3. The van der Waals surface area contributed by atoms with E-state index in [4.69, 9.17) is 21.1 Å². The molecule has 0 saturated heterocycles. The van der Waals surface area contributed by atoms with Crippen LogP contribution in [0.2, 0.25) is 5.02 Å². The molecule has 0 saturated carbocycles. The fraction of sp³-hybridized carbons (Fsp3) is 0.208. The summed E-state index contributed by atoms with van der Waals surface area (Å²) in [7, 11) is 0. The standard InChI is InChI=1S/C24H22ClFN2O5S/c1-4-32-24(31)20-14(3)21(22(30)27-17-8-6-5-7-16(17)26)34-23(20)28-19(29)12-33-18-10-9-15(25)11-13(18)2/h5-11H,4,12H2,1-3H3,(H,27,30)(H,28,29). The molecule has 178 valence electrons. The van der Waals surface area contributed by atoms with Crippen LogP contribution in [0.5, 0.6) is 5.75 Å². The van der Waals surface area contributed by atoms with Gasteiger partial charge in [-0.3, -0.25) is 9.59 Å². The summed E-state index contributed by atoms with van der Waals surface area (Å²) in [5.41, 5.74) is 1.12. The first-order valence-corrected chi connectivity index (χ1v) is 11.5. The molecular weight excluding hydrogens is 483 g/mol. The minimum Gasteiger partial charge on any atom is -0.483 e. The Morgan fingerprint density at radius 2 is 1.82 bits per heavy atom. The second-order valence-electron chi connectivity index (χ2n) is 7.16. The molecule has 3 rings (SSSR count). The number of hydrogen-bond acceptors (Lipinski definition) is 6. The molecule has 2 N–H and O–H groups in total. The average Bonchev–Trinajstić information content (AvgIpc) is 3.10. The summed E-state index contributed by atoms with van der Waals surface area (Å²) in [6, 6.07) is 10.7. The predicted molar refractivity (Wildman–Crippen MR) is 130 cm³/mol. The second-order valence-corrected chi connectivity index (χ2v) is 8.62. The fourth-order valence-electron chi connectivity index (χ4n) is 3.09. The molecule has 10 heteroatoms. The molecule has 0 radical (unpaired) electrons. The Morgan fingerprint density at radius 3 is 2.50 bits per heavy atom. The van der Waals surface area contributed by atoms with Gasteiger partial charge in [-0.05, 0) is 62.2 Å². The number of halogens is 2. The van der Waals surface area contributed by atoms with Crippen molar-refractivity contribution in [2.45, 2.75) is 20.8 Å². The van der Waals surface area contributed by atoms with Crippen LogP contribution in [0.15, 0.2) is 42.5 Å². The maximum atomic E-state index is 14.0. The maximum Gasteiger partial charge on any atom is 0.341 e. The lowest BCUT2D eigenvalue weighted by Gasteiger charge is -2.10. The number of ether oxygens (including phenoxy) is 2. The number of hydrogen-bond donors (Lipinski definition) is 2. The molecular formula is C24H22ClFN2O5S. The Hall–Kier alpha value is -3.43. The van der Waals surface area contributed by atoms with E-state index in [-0.39, 0.29) is 34.3 Å². The smallest absolute Gasteiger partial charge is 0.341 e. The topological polar surface area (TPSA) is 93.7 Å². The molecule has 2 aromatic carbocycles. The molecule has 3 aromatic rings. The number of amides is 2. The van der Waals surface area contributed by atoms with Crippen molar-refractivity contribution in [3.63, 3.8) is 0 Å². The Labute approximate surface area is 204 Å². The second kappa shape index (κ2) is 11.1. The van der Waals surface area contributed by atoms with Crippen LogP contribution in [0, 0.1) is 19.7 Å². The third-order valence-electron chi connectivity index (χ3n) is 4.70. The van der Waals surface area contributed by atoms with Gasteiger partial charge in [0, 0.05) is 5.02 Å². The molecule has 0 bridgehead atoms. The first-order valence-electron chi connectivity index (χ1n) is 10.3. The highest BCUT2D eigenvalue weighted by atomic mass is 35.5. The minimum absolute atomic E-state index is 0.00435. The number of thiophene rings is 1. The van der Waals surface area contributed by atoms with Gasteiger partial charge in [-0.1, -0.05) is 23.7 Å². The molecule has 0 fully saturated rings. The number of benzene rings is 2. The lowest BCUT2D eigenvalue weighted by molar-refractivity contribution is -0.118. The van der Waals surface area contributed by atoms with Crippen LogP contribution in [0.3, 0.4) is 0 Å². The predicted octanol–water partition coefficient (Wildman–Crippen LogP) is 5.60. The normalized spacial score (nSPS) is 10.5. The van der Waals surface area contributed by atoms with Gasteiger partial charge in [0.15, 0.2) is 6.61 Å². The van der Waals surface area contributed by atoms with Crippen molar-refractivity contribution in [1.82, 2.24) is 0 Å². The molecule has 34 heavy (non-hydrogen) atoms. The van der Waals surface area contributed by atoms with Gasteiger partial charge in [-0.2, -0.15) is 0 Å². The maximum absolute atomic E-state index is 14.0. The summed E-state index contributed by atoms with van der Waals surface area (Å²) < 4.78 is 24.6. The molecule has 1 aromatic heterocycles. The fourth-order valence-corrected chi connectivity index (χ4v) is 4.42. The number of esters is 1. The van der Waals surface area contributed by atoms with E-state index in [9.17, 15) is 18.8 Å². The van der Waals surface area contributed by atoms with Crippen LogP contribution < -0.4 is 15.4 Å². The zero-order valence-corrected chi connectivity index (χ0v) is 20.2. The van der Waals surface area contributed by atoms with E-state index in [1.54, 1.807) is 45.0 Å². The lowest BCUT2D eigenvalue weighted by Crippen LogP contribution is -2.21. The molecule has 1 heterocycles. The summed E-state index contributed by atoms with van der Waals surface area (Å²) in [4.78, 5) is 38.1. The van der Waals surface area contributed by atoms with Gasteiger partial charge in [0.25, 0.3) is 11.8 Å². The van der Waals surface area contributed by atoms with Gasteiger partial charge in [0.05, 0.1) is 22.7 Å². The first-order chi connectivity index (χ1) is 16.2. The van der Waals surface area contributed by atoms with E-state index in [0.717, 1.165) is 16.9 Å². The van der Waals surface area contributed by atoms with Crippen molar-refractivity contribution in [3.8, 4) is 5.75 Å². The molecule has 0 aliphatic rings. The summed E-state index contributed by atoms with van der Waals surface area (Å²) in [5, 5.41) is 5.78. The van der Waals surface area contributed by atoms with E-state index < -0.39 is 23.6 Å². The zero-order chi connectivity index (χ0) is 24.8. The number of rotatable bonds is 8. The monoisotopic (exact) mass is 504 g/mol. The van der Waals surface area contributed by atoms with E-state index in [2.05, 4.69) is 10.6 Å². The van der Waals surface area contributed by atoms with Gasteiger partial charge >= 0.3 is 5.97 Å². The number of para-hydroxylation sites is 1. The number of anilines is 2. The molecule has 0 unspecified atom stereocenters. The highest BCUT2D eigenvalue weighted by molar-refractivity contribution is 7.19. The summed E-state index contributed by atoms with van der Waals surface area (Å²) in [5.74, 6) is -1.96. The van der Waals surface area contributed by atoms with Gasteiger partial charge < -0.3 is 20.1 Å². The Morgan fingerprint density at radius 1 is 1.09 bits per heavy atom. The van der Waals surface area contributed by atoms with E-state index in [1.165, 1.54) is 18.2 Å². The van der Waals surface area contributed by atoms with Crippen LogP contribution in [0.1, 0.15) is 38.1 Å². The van der Waals surface area contributed by atoms with Gasteiger partial charge in [-0.15, -0.1) is 11.3 Å². The molecule has 0 aliphatic carbocycles. The Kier molecular flexibility index (Phi) is 8.25. The first kappa shape index (κ1) is 25.2. The van der Waals surface area contributed by atoms with Crippen molar-refractivity contribution in [2.75, 3.05) is 23.8 Å². The van der Waals surface area contributed by atoms with Gasteiger partial charge in [0.1, 0.15) is 16.6 Å². The van der Waals surface area contributed by atoms with E-state index in [1.807, 2.05) is 0 Å². The third-order valence-corrected chi connectivity index (χ3v) is 6.14. The highest BCUT2D eigenvalue weighted by Crippen LogP contribution is 2.34. The van der Waals surface area contributed by atoms with E-state index in [0.29, 0.717) is 16.3 Å². The van der Waals surface area contributed by atoms with Crippen molar-refractivity contribution in [1.29, 1.82) is 0 Å². The third kappa shape index (κ3) is 5.92. The van der Waals surface area contributed by atoms with Crippen LogP contribution in [-0.2, 0) is 9.53 Å². The van der Waals surface area contributed by atoms with Crippen molar-refractivity contribution < 1.29 is 28.2 Å². The van der Waals surface area contributed by atoms with Crippen molar-refractivity contribution in [2.24, 2.45) is 0 Å². The average molecular weight is 505 g/mol. The summed E-state index contributed by atoms with van der Waals surface area (Å²) in [6.07, 6.45) is 0. The zero-order valence-electron chi connectivity index (χ0n) is 18.7. The molecule has 7 nitrogen and oxygen atoms in total. The Bertz CT molecular complexity index is 1240. The summed E-state index contributed by atoms with van der Waals surface area (Å²) in [6.45, 7) is 4.77. The van der Waals surface area contributed by atoms with Crippen LogP contribution in [-0.4, -0.2) is 31.0 Å². The summed E-state index contributed by atoms with van der Waals surface area (Å²) >= 11 is 6.82. The quantitative estimate of drug-likeness (QED) is 0.389. The van der Waals surface area contributed by atoms with Gasteiger partial charge in [0.2, 0.25) is 0 Å². The molecule has 2 amide bonds. The van der Waals surface area contributed by atoms with E-state index >= 15 is 0 Å². The van der Waals surface area contributed by atoms with Crippen molar-refractivity contribution >= 4 is 51.4 Å². The Balaban J connectivity index is 1.82. The molecule has 0 aliphatic heterocycles. The molecule has 0 spiro atoms. The minimum atomic E-state index is -0.689. The van der Waals surface area contributed by atoms with Crippen LogP contribution >= 0.6 is 22.9 Å². The number of carbonyl (C=O) groups is 3.